The lowest BCUT2D eigenvalue weighted by Crippen LogP contribution is -2.40. The summed E-state index contributed by atoms with van der Waals surface area (Å²) in [5.74, 6) is 0.398. The molecule has 2 aromatic heterocycles. The number of anilines is 1. The van der Waals surface area contributed by atoms with Crippen LogP contribution in [0.15, 0.2) is 91.6 Å². The number of carbonyl (C=O) groups is 1. The number of nitrogens with one attached hydrogen (secondary N) is 1. The highest BCUT2D eigenvalue weighted by Crippen LogP contribution is 2.32. The molecule has 5 rings (SSSR count). The molecule has 0 spiro atoms. The number of hydrogen-bond donors (Lipinski definition) is 1. The predicted octanol–water partition coefficient (Wildman–Crippen LogP) is 4.71. The number of amides is 1. The van der Waals surface area contributed by atoms with E-state index in [1.54, 1.807) is 23.0 Å². The Hall–Kier alpha value is -3.27. The predicted molar refractivity (Wildman–Crippen MR) is 144 cm³/mol. The van der Waals surface area contributed by atoms with Crippen molar-refractivity contribution in [1.29, 1.82) is 0 Å². The number of benzene rings is 2. The lowest BCUT2D eigenvalue weighted by atomic mass is 9.95. The van der Waals surface area contributed by atoms with Gasteiger partial charge in [-0.2, -0.15) is 0 Å². The van der Waals surface area contributed by atoms with Crippen LogP contribution in [0.3, 0.4) is 0 Å². The lowest BCUT2D eigenvalue weighted by Gasteiger charge is -2.25. The highest BCUT2D eigenvalue weighted by atomic mass is 79.9. The molecule has 0 saturated carbocycles. The van der Waals surface area contributed by atoms with E-state index in [1.165, 1.54) is 11.3 Å². The normalized spacial score (nSPS) is 15.5. The Morgan fingerprint density at radius 2 is 1.83 bits per heavy atom. The molecule has 176 valence electrons. The Balaban J connectivity index is 1.67. The Kier molecular flexibility index (Phi) is 6.55. The van der Waals surface area contributed by atoms with Crippen molar-refractivity contribution < 1.29 is 9.53 Å². The highest BCUT2D eigenvalue weighted by molar-refractivity contribution is 9.11. The lowest BCUT2D eigenvalue weighted by molar-refractivity contribution is -0.113. The number of hydrogen-bond acceptors (Lipinski definition) is 6. The summed E-state index contributed by atoms with van der Waals surface area (Å²) >= 11 is 6.34. The molecule has 1 amide bonds. The van der Waals surface area contributed by atoms with Gasteiger partial charge in [-0.25, -0.2) is 4.99 Å². The van der Waals surface area contributed by atoms with Gasteiger partial charge in [-0.15, -0.1) is 11.3 Å². The number of fused-ring (bicyclic) bond motifs is 1. The van der Waals surface area contributed by atoms with Gasteiger partial charge in [0.2, 0.25) is 0 Å². The van der Waals surface area contributed by atoms with E-state index < -0.39 is 6.04 Å². The molecule has 35 heavy (non-hydrogen) atoms. The first-order valence-electron chi connectivity index (χ1n) is 10.7. The van der Waals surface area contributed by atoms with Crippen LogP contribution in [0.25, 0.3) is 6.08 Å². The second kappa shape index (κ2) is 9.77. The molecule has 4 aromatic rings. The number of carbonyl (C=O) groups excluding carboxylic acids is 1. The minimum atomic E-state index is -0.627. The zero-order valence-electron chi connectivity index (χ0n) is 18.8. The summed E-state index contributed by atoms with van der Waals surface area (Å²) in [6.45, 7) is 1.81. The minimum absolute atomic E-state index is 0.184. The van der Waals surface area contributed by atoms with Gasteiger partial charge in [0.1, 0.15) is 5.75 Å². The van der Waals surface area contributed by atoms with Crippen LogP contribution in [0.1, 0.15) is 23.4 Å². The first-order chi connectivity index (χ1) is 16.9. The standard InChI is InChI=1S/C26H20BrN3O3S2/c1-15-22(24(31)29-17-6-4-3-5-7-17)23(16-8-10-18(33-2)11-9-16)30-25(32)20(35-26(30)28-15)14-19-12-13-21(27)34-19/h3-14,23H,1-2H3,(H,29,31)/b20-14+/t23-/m1/s1. The molecule has 3 heterocycles. The summed E-state index contributed by atoms with van der Waals surface area (Å²) in [4.78, 5) is 33.4. The van der Waals surface area contributed by atoms with Crippen LogP contribution in [0.5, 0.6) is 5.75 Å². The number of aromatic nitrogens is 1. The molecule has 6 nitrogen and oxygen atoms in total. The number of allylic oxidation sites excluding steroid dienone is 1. The first-order valence-corrected chi connectivity index (χ1v) is 13.2. The van der Waals surface area contributed by atoms with E-state index in [0.29, 0.717) is 32.0 Å². The number of halogens is 1. The van der Waals surface area contributed by atoms with Crippen molar-refractivity contribution in [1.82, 2.24) is 4.57 Å². The van der Waals surface area contributed by atoms with E-state index in [1.807, 2.05) is 79.7 Å². The Morgan fingerprint density at radius 3 is 2.49 bits per heavy atom. The maximum absolute atomic E-state index is 13.7. The number of para-hydroxylation sites is 1. The molecule has 1 aliphatic heterocycles. The van der Waals surface area contributed by atoms with E-state index in [-0.39, 0.29) is 11.5 Å². The number of rotatable bonds is 5. The number of thiazole rings is 1. The molecule has 9 heteroatoms. The largest absolute Gasteiger partial charge is 0.497 e. The first kappa shape index (κ1) is 23.5. The average Bonchev–Trinajstić information content (AvgIpc) is 3.41. The topological polar surface area (TPSA) is 72.7 Å². The summed E-state index contributed by atoms with van der Waals surface area (Å²) < 4.78 is 8.48. The molecular formula is C26H20BrN3O3S2. The molecule has 2 aromatic carbocycles. The van der Waals surface area contributed by atoms with Crippen LogP contribution in [-0.2, 0) is 4.79 Å². The van der Waals surface area contributed by atoms with E-state index in [4.69, 9.17) is 4.74 Å². The average molecular weight is 567 g/mol. The zero-order valence-corrected chi connectivity index (χ0v) is 22.0. The number of nitrogens with zero attached hydrogens (tertiary/aromatic N) is 2. The second-order valence-electron chi connectivity index (χ2n) is 7.82. The van der Waals surface area contributed by atoms with E-state index in [9.17, 15) is 9.59 Å². The monoisotopic (exact) mass is 565 g/mol. The van der Waals surface area contributed by atoms with Crippen LogP contribution in [0.2, 0.25) is 0 Å². The van der Waals surface area contributed by atoms with Gasteiger partial charge in [-0.1, -0.05) is 41.7 Å². The van der Waals surface area contributed by atoms with Crippen molar-refractivity contribution in [2.24, 2.45) is 4.99 Å². The van der Waals surface area contributed by atoms with Crippen molar-refractivity contribution in [3.05, 3.63) is 112 Å². The number of ether oxygens (including phenoxy) is 1. The molecule has 0 aliphatic carbocycles. The maximum Gasteiger partial charge on any atom is 0.271 e. The molecule has 1 N–H and O–H groups in total. The SMILES string of the molecule is COc1ccc([C@@H]2C(C(=O)Nc3ccccc3)=C(C)N=c3s/c(=C/c4ccc(Br)s4)c(=O)n32)cc1. The van der Waals surface area contributed by atoms with Gasteiger partial charge in [-0.05, 0) is 70.9 Å². The van der Waals surface area contributed by atoms with Gasteiger partial charge in [0, 0.05) is 10.6 Å². The molecule has 0 radical (unpaired) electrons. The quantitative estimate of drug-likeness (QED) is 0.381. The van der Waals surface area contributed by atoms with Crippen LogP contribution in [-0.4, -0.2) is 17.6 Å². The summed E-state index contributed by atoms with van der Waals surface area (Å²) in [6.07, 6.45) is 1.87. The number of methoxy groups -OCH3 is 1. The van der Waals surface area contributed by atoms with Gasteiger partial charge in [0.05, 0.1) is 32.7 Å². The van der Waals surface area contributed by atoms with Crippen LogP contribution < -0.4 is 24.9 Å². The summed E-state index contributed by atoms with van der Waals surface area (Å²) in [5, 5.41) is 2.96. The summed E-state index contributed by atoms with van der Waals surface area (Å²) in [6, 6.07) is 19.9. The van der Waals surface area contributed by atoms with Crippen molar-refractivity contribution in [2.75, 3.05) is 12.4 Å². The molecule has 0 saturated heterocycles. The number of thiophene rings is 1. The fourth-order valence-electron chi connectivity index (χ4n) is 3.97. The maximum atomic E-state index is 13.7. The smallest absolute Gasteiger partial charge is 0.271 e. The van der Waals surface area contributed by atoms with Crippen molar-refractivity contribution in [2.45, 2.75) is 13.0 Å². The summed E-state index contributed by atoms with van der Waals surface area (Å²) in [7, 11) is 1.60. The molecule has 0 fully saturated rings. The van der Waals surface area contributed by atoms with E-state index in [0.717, 1.165) is 14.2 Å². The Morgan fingerprint density at radius 1 is 1.09 bits per heavy atom. The van der Waals surface area contributed by atoms with Gasteiger partial charge < -0.3 is 10.1 Å². The zero-order chi connectivity index (χ0) is 24.5. The van der Waals surface area contributed by atoms with Gasteiger partial charge in [-0.3, -0.25) is 14.2 Å². The van der Waals surface area contributed by atoms with E-state index >= 15 is 0 Å². The fraction of sp³-hybridized carbons (Fsp3) is 0.115. The molecule has 0 unspecified atom stereocenters. The van der Waals surface area contributed by atoms with E-state index in [2.05, 4.69) is 26.2 Å². The van der Waals surface area contributed by atoms with Crippen LogP contribution >= 0.6 is 38.6 Å². The third-order valence-corrected chi connectivity index (χ3v) is 8.15. The molecular weight excluding hydrogens is 546 g/mol. The third-order valence-electron chi connectivity index (χ3n) is 5.60. The van der Waals surface area contributed by atoms with Crippen molar-refractivity contribution in [3.8, 4) is 5.75 Å². The van der Waals surface area contributed by atoms with Gasteiger partial charge in [0.25, 0.3) is 11.5 Å². The molecule has 0 bridgehead atoms. The second-order valence-corrected chi connectivity index (χ2v) is 11.3. The fourth-order valence-corrected chi connectivity index (χ4v) is 6.45. The van der Waals surface area contributed by atoms with Gasteiger partial charge >= 0.3 is 0 Å². The van der Waals surface area contributed by atoms with Crippen LogP contribution in [0.4, 0.5) is 5.69 Å². The third kappa shape index (κ3) is 4.67. The van der Waals surface area contributed by atoms with Gasteiger partial charge in [0.15, 0.2) is 4.80 Å². The Bertz CT molecular complexity index is 1620. The molecule has 1 aliphatic rings. The minimum Gasteiger partial charge on any atom is -0.497 e. The Labute approximate surface area is 217 Å². The molecule has 1 atom stereocenters. The van der Waals surface area contributed by atoms with Crippen molar-refractivity contribution >= 4 is 56.3 Å². The summed E-state index contributed by atoms with van der Waals surface area (Å²) in [5.41, 5.74) is 2.29. The van der Waals surface area contributed by atoms with Crippen LogP contribution in [0, 0.1) is 0 Å². The highest BCUT2D eigenvalue weighted by Gasteiger charge is 2.32. The van der Waals surface area contributed by atoms with Crippen molar-refractivity contribution in [3.63, 3.8) is 0 Å².